The lowest BCUT2D eigenvalue weighted by Gasteiger charge is -2.15. The molecule has 1 saturated heterocycles. The van der Waals surface area contributed by atoms with Gasteiger partial charge in [0.15, 0.2) is 0 Å². The van der Waals surface area contributed by atoms with Crippen molar-refractivity contribution in [2.45, 2.75) is 19.3 Å². The Bertz CT molecular complexity index is 792. The minimum absolute atomic E-state index is 0.0582. The molecular weight excluding hydrogens is 316 g/mol. The van der Waals surface area contributed by atoms with E-state index in [9.17, 15) is 22.8 Å². The van der Waals surface area contributed by atoms with Crippen LogP contribution in [0.3, 0.4) is 0 Å². The summed E-state index contributed by atoms with van der Waals surface area (Å²) >= 11 is 0. The molecule has 11 heteroatoms. The Labute approximate surface area is 124 Å². The van der Waals surface area contributed by atoms with Gasteiger partial charge in [-0.2, -0.15) is 8.42 Å². The van der Waals surface area contributed by atoms with Crippen LogP contribution in [0.1, 0.15) is 19.3 Å². The smallest absolute Gasteiger partial charge is 0.325 e. The van der Waals surface area contributed by atoms with Crippen molar-refractivity contribution in [3.8, 4) is 0 Å². The van der Waals surface area contributed by atoms with Crippen molar-refractivity contribution in [3.05, 3.63) is 33.9 Å². The van der Waals surface area contributed by atoms with Gasteiger partial charge in [0.2, 0.25) is 10.3 Å². The minimum atomic E-state index is -2.53. The summed E-state index contributed by atoms with van der Waals surface area (Å²) in [5.41, 5.74) is 8.08. The van der Waals surface area contributed by atoms with Gasteiger partial charge in [-0.05, 0) is 17.7 Å². The fourth-order valence-electron chi connectivity index (χ4n) is 1.83. The first-order valence-electron chi connectivity index (χ1n) is 5.93. The van der Waals surface area contributed by atoms with Crippen LogP contribution in [0.2, 0.25) is 0 Å². The lowest BCUT2D eigenvalue weighted by atomic mass is 10.0. The number of nitrogens with zero attached hydrogens (tertiary/aromatic N) is 4. The van der Waals surface area contributed by atoms with Crippen molar-refractivity contribution in [3.63, 3.8) is 0 Å². The normalized spacial score (nSPS) is 17.6. The zero-order valence-electron chi connectivity index (χ0n) is 10.9. The molecule has 22 heavy (non-hydrogen) atoms. The molecule has 10 nitrogen and oxygen atoms in total. The van der Waals surface area contributed by atoms with E-state index in [4.69, 9.17) is 5.53 Å². The van der Waals surface area contributed by atoms with E-state index in [0.717, 1.165) is 12.2 Å². The number of carbonyl (C=O) groups excluding carboxylic acids is 3. The van der Waals surface area contributed by atoms with Crippen LogP contribution in [0.25, 0.3) is 10.4 Å². The largest absolute Gasteiger partial charge is 0.364 e. The Morgan fingerprint density at radius 2 is 1.91 bits per heavy atom. The molecule has 2 rings (SSSR count). The maximum absolute atomic E-state index is 12.0. The maximum atomic E-state index is 12.0. The molecule has 1 aliphatic carbocycles. The van der Waals surface area contributed by atoms with Crippen LogP contribution in [0.5, 0.6) is 0 Å². The lowest BCUT2D eigenvalue weighted by molar-refractivity contribution is -0.194. The van der Waals surface area contributed by atoms with Gasteiger partial charge in [0, 0.05) is 29.9 Å². The first-order chi connectivity index (χ1) is 10.4. The lowest BCUT2D eigenvalue weighted by Crippen LogP contribution is -2.33. The van der Waals surface area contributed by atoms with Crippen LogP contribution in [0.15, 0.2) is 28.5 Å². The van der Waals surface area contributed by atoms with Crippen LogP contribution in [-0.4, -0.2) is 36.1 Å². The van der Waals surface area contributed by atoms with E-state index in [1.54, 1.807) is 0 Å². The molecule has 2 aliphatic rings. The number of imide groups is 1. The summed E-state index contributed by atoms with van der Waals surface area (Å²) < 4.78 is 21.8. The van der Waals surface area contributed by atoms with Crippen molar-refractivity contribution in [1.29, 1.82) is 0 Å². The Kier molecular flexibility index (Phi) is 4.39. The first-order valence-corrected chi connectivity index (χ1v) is 7.01. The molecule has 114 valence electrons. The predicted molar refractivity (Wildman–Crippen MR) is 71.0 cm³/mol. The molecule has 0 spiro atoms. The van der Waals surface area contributed by atoms with Crippen molar-refractivity contribution in [1.82, 2.24) is 5.06 Å². The molecule has 0 radical (unpaired) electrons. The van der Waals surface area contributed by atoms with Crippen molar-refractivity contribution < 1.29 is 27.6 Å². The predicted octanol–water partition coefficient (Wildman–Crippen LogP) is 0.169. The van der Waals surface area contributed by atoms with Gasteiger partial charge in [0.05, 0.1) is 10.4 Å². The molecule has 1 aliphatic heterocycles. The van der Waals surface area contributed by atoms with Crippen molar-refractivity contribution in [2.24, 2.45) is 5.11 Å². The monoisotopic (exact) mass is 324 g/mol. The minimum Gasteiger partial charge on any atom is -0.325 e. The molecule has 1 fully saturated rings. The van der Waals surface area contributed by atoms with Crippen LogP contribution in [0.4, 0.5) is 0 Å². The second kappa shape index (κ2) is 6.24. The fraction of sp³-hybridized carbons (Fsp3) is 0.273. The number of rotatable bonds is 3. The Morgan fingerprint density at radius 1 is 1.27 bits per heavy atom. The highest BCUT2D eigenvalue weighted by molar-refractivity contribution is 7.73. The molecule has 2 amide bonds. The topological polar surface area (TPSA) is 147 Å². The van der Waals surface area contributed by atoms with E-state index in [1.807, 2.05) is 0 Å². The zero-order chi connectivity index (χ0) is 16.3. The zero-order valence-corrected chi connectivity index (χ0v) is 11.7. The highest BCUT2D eigenvalue weighted by Crippen LogP contribution is 2.22. The summed E-state index contributed by atoms with van der Waals surface area (Å²) in [7, 11) is -2.53. The van der Waals surface area contributed by atoms with Crippen LogP contribution >= 0.6 is 0 Å². The fourth-order valence-corrected chi connectivity index (χ4v) is 2.26. The van der Waals surface area contributed by atoms with Crippen molar-refractivity contribution >= 4 is 32.9 Å². The van der Waals surface area contributed by atoms with Gasteiger partial charge in [-0.3, -0.25) is 9.59 Å². The summed E-state index contributed by atoms with van der Waals surface area (Å²) in [5, 5.41) is 3.61. The molecule has 0 N–H and O–H groups in total. The number of amides is 2. The van der Waals surface area contributed by atoms with Crippen molar-refractivity contribution in [2.75, 3.05) is 0 Å². The third-order valence-corrected chi connectivity index (χ3v) is 3.58. The second-order valence-electron chi connectivity index (χ2n) is 4.22. The standard InChI is InChI=1S/C11H8N4O6S/c12-14-13-8-5-6(22(19)20)1-2-7(8)11(18)21-15-9(16)3-4-10(15)17/h1-2H,3-5H2. The number of allylic oxidation sites excluding steroid dienone is 2. The third kappa shape index (κ3) is 3.05. The number of hydrogen-bond donors (Lipinski definition) is 0. The van der Waals surface area contributed by atoms with E-state index < -0.39 is 28.1 Å². The number of carbonyl (C=O) groups is 3. The molecule has 0 aromatic rings. The van der Waals surface area contributed by atoms with Gasteiger partial charge in [0.1, 0.15) is 0 Å². The van der Waals surface area contributed by atoms with E-state index in [2.05, 4.69) is 14.9 Å². The average molecular weight is 324 g/mol. The number of azide groups is 1. The van der Waals surface area contributed by atoms with Gasteiger partial charge >= 0.3 is 5.97 Å². The summed E-state index contributed by atoms with van der Waals surface area (Å²) in [6.07, 6.45) is 1.83. The van der Waals surface area contributed by atoms with Crippen LogP contribution in [-0.2, 0) is 29.5 Å². The SMILES string of the molecule is [N-]=[N+]=NC1=C(C(=O)ON2C(=O)CCC2=O)C=CC(=S(=O)=O)C1. The number of hydrogen-bond acceptors (Lipinski definition) is 7. The Balaban J connectivity index is 2.31. The van der Waals surface area contributed by atoms with Gasteiger partial charge < -0.3 is 4.84 Å². The molecule has 0 saturated carbocycles. The third-order valence-electron chi connectivity index (χ3n) is 2.87. The summed E-state index contributed by atoms with van der Waals surface area (Å²) in [6.45, 7) is 0. The molecule has 0 atom stereocenters. The van der Waals surface area contributed by atoms with Crippen LogP contribution < -0.4 is 0 Å². The Morgan fingerprint density at radius 3 is 2.45 bits per heavy atom. The van der Waals surface area contributed by atoms with E-state index >= 15 is 0 Å². The highest BCUT2D eigenvalue weighted by atomic mass is 32.2. The Hall–Kier alpha value is -2.91. The molecular formula is C11H8N4O6S. The molecule has 1 heterocycles. The summed E-state index contributed by atoms with van der Waals surface area (Å²) in [4.78, 5) is 41.9. The molecule has 0 bridgehead atoms. The molecule has 0 unspecified atom stereocenters. The van der Waals surface area contributed by atoms with Crippen LogP contribution in [0, 0.1) is 0 Å². The highest BCUT2D eigenvalue weighted by Gasteiger charge is 2.34. The first kappa shape index (κ1) is 15.5. The van der Waals surface area contributed by atoms with E-state index in [0.29, 0.717) is 5.06 Å². The average Bonchev–Trinajstić information content (AvgIpc) is 2.79. The van der Waals surface area contributed by atoms with Gasteiger partial charge in [-0.1, -0.05) is 5.11 Å². The summed E-state index contributed by atoms with van der Waals surface area (Å²) in [5.74, 6) is -2.40. The van der Waals surface area contributed by atoms with E-state index in [1.165, 1.54) is 0 Å². The van der Waals surface area contributed by atoms with Gasteiger partial charge in [-0.15, -0.1) is 5.06 Å². The molecule has 0 aromatic heterocycles. The van der Waals surface area contributed by atoms with Gasteiger partial charge in [0.25, 0.3) is 11.8 Å². The van der Waals surface area contributed by atoms with E-state index in [-0.39, 0.29) is 35.4 Å². The maximum Gasteiger partial charge on any atom is 0.364 e. The quantitative estimate of drug-likeness (QED) is 0.238. The molecule has 0 aromatic carbocycles. The number of hydroxylamine groups is 2. The summed E-state index contributed by atoms with van der Waals surface area (Å²) in [6, 6.07) is 0. The van der Waals surface area contributed by atoms with Gasteiger partial charge in [-0.25, -0.2) is 4.79 Å². The second-order valence-corrected chi connectivity index (χ2v) is 5.22.